The molecule has 0 bridgehead atoms. The van der Waals surface area contributed by atoms with Gasteiger partial charge in [-0.1, -0.05) is 24.3 Å². The number of allylic oxidation sites excluding steroid dienone is 1. The first-order valence-corrected chi connectivity index (χ1v) is 10.8. The molecule has 7 nitrogen and oxygen atoms in total. The highest BCUT2D eigenvalue weighted by atomic mass is 19.1. The van der Waals surface area contributed by atoms with Crippen LogP contribution in [0.25, 0.3) is 11.0 Å². The lowest BCUT2D eigenvalue weighted by molar-refractivity contribution is 0.281. The van der Waals surface area contributed by atoms with Crippen molar-refractivity contribution in [3.8, 4) is 23.3 Å². The van der Waals surface area contributed by atoms with Crippen molar-refractivity contribution >= 4 is 11.0 Å². The molecule has 0 fully saturated rings. The van der Waals surface area contributed by atoms with Crippen LogP contribution in [0.15, 0.2) is 81.3 Å². The third-order valence-electron chi connectivity index (χ3n) is 5.90. The zero-order chi connectivity index (χ0) is 25.4. The number of nitriles is 1. The third-order valence-corrected chi connectivity index (χ3v) is 5.90. The quantitative estimate of drug-likeness (QED) is 0.399. The number of hydrogen-bond acceptors (Lipinski definition) is 7. The smallest absolute Gasteiger partial charge is 0.380 e. The summed E-state index contributed by atoms with van der Waals surface area (Å²) in [5, 5.41) is 10.5. The topological polar surface area (TPSA) is 108 Å². The van der Waals surface area contributed by atoms with Crippen LogP contribution in [0.5, 0.6) is 17.2 Å². The van der Waals surface area contributed by atoms with Gasteiger partial charge >= 0.3 is 5.63 Å². The number of fused-ring (bicyclic) bond motifs is 3. The molecule has 0 saturated carbocycles. The minimum Gasteiger partial charge on any atom is -0.496 e. The van der Waals surface area contributed by atoms with Gasteiger partial charge in [-0.05, 0) is 35.9 Å². The summed E-state index contributed by atoms with van der Waals surface area (Å²) >= 11 is 0. The summed E-state index contributed by atoms with van der Waals surface area (Å²) in [6, 6.07) is 17.1. The molecule has 0 spiro atoms. The molecule has 1 aliphatic heterocycles. The minimum atomic E-state index is -0.843. The molecule has 0 saturated heterocycles. The predicted octanol–water partition coefficient (Wildman–Crippen LogP) is 4.88. The highest BCUT2D eigenvalue weighted by Gasteiger charge is 2.35. The number of nitrogens with zero attached hydrogens (tertiary/aromatic N) is 1. The van der Waals surface area contributed by atoms with Crippen LogP contribution in [0.2, 0.25) is 0 Å². The van der Waals surface area contributed by atoms with Gasteiger partial charge in [-0.15, -0.1) is 0 Å². The van der Waals surface area contributed by atoms with Crippen LogP contribution in [-0.2, 0) is 6.61 Å². The Morgan fingerprint density at radius 1 is 1.08 bits per heavy atom. The lowest BCUT2D eigenvalue weighted by Crippen LogP contribution is -2.25. The van der Waals surface area contributed by atoms with Crippen LogP contribution in [0.1, 0.15) is 22.6 Å². The van der Waals surface area contributed by atoms with Gasteiger partial charge in [0.2, 0.25) is 11.6 Å². The van der Waals surface area contributed by atoms with E-state index < -0.39 is 23.2 Å². The Hall–Kier alpha value is -4.84. The molecule has 9 heteroatoms. The largest absolute Gasteiger partial charge is 0.496 e. The zero-order valence-electron chi connectivity index (χ0n) is 18.9. The van der Waals surface area contributed by atoms with E-state index in [0.717, 1.165) is 12.1 Å². The molecule has 0 radical (unpaired) electrons. The number of rotatable bonds is 5. The lowest BCUT2D eigenvalue weighted by Gasteiger charge is -2.27. The molecule has 0 aliphatic carbocycles. The zero-order valence-corrected chi connectivity index (χ0v) is 18.9. The average Bonchev–Trinajstić information content (AvgIpc) is 2.87. The fourth-order valence-electron chi connectivity index (χ4n) is 4.28. The lowest BCUT2D eigenvalue weighted by atomic mass is 9.81. The second-order valence-electron chi connectivity index (χ2n) is 7.99. The summed E-state index contributed by atoms with van der Waals surface area (Å²) < 4.78 is 49.3. The number of para-hydroxylation sites is 1. The van der Waals surface area contributed by atoms with Crippen LogP contribution >= 0.6 is 0 Å². The normalized spacial score (nSPS) is 14.7. The monoisotopic (exact) mass is 488 g/mol. The van der Waals surface area contributed by atoms with Crippen LogP contribution in [0.4, 0.5) is 8.78 Å². The summed E-state index contributed by atoms with van der Waals surface area (Å²) in [7, 11) is 1.47. The van der Waals surface area contributed by atoms with E-state index in [9.17, 15) is 18.8 Å². The fraction of sp³-hybridized carbons (Fsp3) is 0.111. The molecule has 36 heavy (non-hydrogen) atoms. The Morgan fingerprint density at radius 3 is 2.61 bits per heavy atom. The van der Waals surface area contributed by atoms with Gasteiger partial charge < -0.3 is 24.4 Å². The number of nitrogens with two attached hydrogens (primary N) is 1. The van der Waals surface area contributed by atoms with Crippen molar-refractivity contribution in [1.29, 1.82) is 5.26 Å². The van der Waals surface area contributed by atoms with E-state index in [-0.39, 0.29) is 29.6 Å². The Labute approximate surface area is 203 Å². The van der Waals surface area contributed by atoms with E-state index in [2.05, 4.69) is 6.07 Å². The van der Waals surface area contributed by atoms with Gasteiger partial charge in [-0.3, -0.25) is 0 Å². The van der Waals surface area contributed by atoms with Crippen LogP contribution < -0.4 is 25.6 Å². The molecule has 1 atom stereocenters. The maximum Gasteiger partial charge on any atom is 0.380 e. The molecule has 2 N–H and O–H groups in total. The molecule has 3 aromatic carbocycles. The van der Waals surface area contributed by atoms with Crippen molar-refractivity contribution in [1.82, 2.24) is 0 Å². The van der Waals surface area contributed by atoms with Crippen LogP contribution in [0, 0.1) is 23.0 Å². The first-order chi connectivity index (χ1) is 17.4. The Morgan fingerprint density at radius 2 is 1.86 bits per heavy atom. The molecule has 0 amide bonds. The van der Waals surface area contributed by atoms with Gasteiger partial charge in [-0.2, -0.15) is 5.26 Å². The second-order valence-corrected chi connectivity index (χ2v) is 7.99. The number of benzene rings is 3. The highest BCUT2D eigenvalue weighted by Crippen LogP contribution is 2.44. The Bertz CT molecular complexity index is 1640. The van der Waals surface area contributed by atoms with E-state index in [1.807, 2.05) is 0 Å². The molecule has 2 heterocycles. The van der Waals surface area contributed by atoms with E-state index in [1.165, 1.54) is 13.2 Å². The Kier molecular flexibility index (Phi) is 5.78. The average molecular weight is 488 g/mol. The molecule has 1 aliphatic rings. The molecule has 0 unspecified atom stereocenters. The third kappa shape index (κ3) is 3.88. The van der Waals surface area contributed by atoms with Crippen LogP contribution in [0.3, 0.4) is 0 Å². The van der Waals surface area contributed by atoms with Crippen molar-refractivity contribution in [3.05, 3.63) is 111 Å². The molecular weight excluding hydrogens is 470 g/mol. The first kappa shape index (κ1) is 22.9. The first-order valence-electron chi connectivity index (χ1n) is 10.8. The molecular formula is C27H18F2N2O5. The van der Waals surface area contributed by atoms with Crippen molar-refractivity contribution in [2.24, 2.45) is 5.73 Å². The van der Waals surface area contributed by atoms with Gasteiger partial charge in [0.25, 0.3) is 0 Å². The number of ether oxygens (including phenoxy) is 3. The number of hydrogen-bond donors (Lipinski definition) is 1. The van der Waals surface area contributed by atoms with Crippen molar-refractivity contribution in [2.45, 2.75) is 12.5 Å². The van der Waals surface area contributed by atoms with Gasteiger partial charge in [0.15, 0.2) is 11.6 Å². The maximum atomic E-state index is 14.1. The van der Waals surface area contributed by atoms with Gasteiger partial charge in [-0.25, -0.2) is 13.6 Å². The fourth-order valence-corrected chi connectivity index (χ4v) is 4.28. The second kappa shape index (κ2) is 9.07. The number of halogens is 2. The van der Waals surface area contributed by atoms with E-state index >= 15 is 0 Å². The van der Waals surface area contributed by atoms with Crippen LogP contribution in [-0.4, -0.2) is 7.11 Å². The summed E-state index contributed by atoms with van der Waals surface area (Å²) in [5.74, 6) is -2.32. The van der Waals surface area contributed by atoms with E-state index in [1.54, 1.807) is 42.5 Å². The summed E-state index contributed by atoms with van der Waals surface area (Å²) in [6.07, 6.45) is 0. The number of methoxy groups -OCH3 is 1. The molecule has 5 rings (SSSR count). The summed E-state index contributed by atoms with van der Waals surface area (Å²) in [6.45, 7) is -0.117. The molecule has 180 valence electrons. The standard InChI is InChI=1S/C27H18F2N2O5/c1-33-20-8-6-14(10-15(20)13-34-22-9-7-16(28)11-19(22)29)23-18(12-30)26(31)36-25-24(23)17-4-2-3-5-21(17)35-27(25)32/h2-11,23H,13,31H2,1H3/t23-/m0/s1. The van der Waals surface area contributed by atoms with Gasteiger partial charge in [0.05, 0.1) is 13.0 Å². The predicted molar refractivity (Wildman–Crippen MR) is 125 cm³/mol. The maximum absolute atomic E-state index is 14.1. The van der Waals surface area contributed by atoms with Crippen molar-refractivity contribution < 1.29 is 27.4 Å². The van der Waals surface area contributed by atoms with Crippen molar-refractivity contribution in [2.75, 3.05) is 7.11 Å². The highest BCUT2D eigenvalue weighted by molar-refractivity contribution is 5.85. The summed E-state index contributed by atoms with van der Waals surface area (Å²) in [5.41, 5.74) is 7.31. The van der Waals surface area contributed by atoms with Crippen molar-refractivity contribution in [3.63, 3.8) is 0 Å². The van der Waals surface area contributed by atoms with E-state index in [0.29, 0.717) is 33.4 Å². The minimum absolute atomic E-state index is 0.0998. The van der Waals surface area contributed by atoms with Gasteiger partial charge in [0, 0.05) is 22.6 Å². The summed E-state index contributed by atoms with van der Waals surface area (Å²) in [4.78, 5) is 12.7. The van der Waals surface area contributed by atoms with E-state index in [4.69, 9.17) is 24.4 Å². The molecule has 1 aromatic heterocycles. The SMILES string of the molecule is COc1ccc([C@H]2C(C#N)=C(N)Oc3c2c2ccccc2oc3=O)cc1COc1ccc(F)cc1F. The Balaban J connectivity index is 1.65. The molecule has 4 aromatic rings. The van der Waals surface area contributed by atoms with Gasteiger partial charge in [0.1, 0.15) is 35.4 Å².